The van der Waals surface area contributed by atoms with E-state index in [9.17, 15) is 4.79 Å². The van der Waals surface area contributed by atoms with Crippen LogP contribution in [-0.2, 0) is 4.79 Å². The van der Waals surface area contributed by atoms with Crippen molar-refractivity contribution in [3.05, 3.63) is 12.4 Å². The summed E-state index contributed by atoms with van der Waals surface area (Å²) >= 11 is 0. The average molecular weight is 112 g/mol. The highest BCUT2D eigenvalue weighted by Gasteiger charge is 2.09. The Kier molecular flexibility index (Phi) is 1.20. The lowest BCUT2D eigenvalue weighted by atomic mass is 10.5. The lowest BCUT2D eigenvalue weighted by Gasteiger charge is -2.12. The van der Waals surface area contributed by atoms with Crippen LogP contribution in [0, 0.1) is 0 Å². The molecule has 0 aliphatic carbocycles. The Morgan fingerprint density at radius 2 is 2.62 bits per heavy atom. The molecule has 0 aromatic carbocycles. The maximum Gasteiger partial charge on any atom is 0.215 e. The van der Waals surface area contributed by atoms with Crippen LogP contribution >= 0.6 is 0 Å². The maximum absolute atomic E-state index is 10.1. The Labute approximate surface area is 48.0 Å². The molecule has 0 radical (unpaired) electrons. The molecule has 3 heteroatoms. The molecule has 1 amide bonds. The first-order valence-electron chi connectivity index (χ1n) is 2.50. The molecule has 0 fully saturated rings. The smallest absolute Gasteiger partial charge is 0.215 e. The molecule has 0 bridgehead atoms. The number of carbonyl (C=O) groups is 1. The summed E-state index contributed by atoms with van der Waals surface area (Å²) in [6.07, 6.45) is 4.38. The van der Waals surface area contributed by atoms with E-state index in [-0.39, 0.29) is 6.17 Å². The fraction of sp³-hybridized carbons (Fsp3) is 0.400. The summed E-state index contributed by atoms with van der Waals surface area (Å²) in [5.41, 5.74) is 0. The Balaban J connectivity index is 2.52. The minimum Gasteiger partial charge on any atom is -0.370 e. The number of nitrogens with one attached hydrogen (secondary N) is 1. The molecule has 0 aromatic heterocycles. The monoisotopic (exact) mass is 112 g/mol. The Morgan fingerprint density at radius 3 is 2.88 bits per heavy atom. The van der Waals surface area contributed by atoms with E-state index in [1.54, 1.807) is 17.3 Å². The van der Waals surface area contributed by atoms with Crippen molar-refractivity contribution in [1.82, 2.24) is 10.2 Å². The molecule has 0 saturated carbocycles. The zero-order valence-corrected chi connectivity index (χ0v) is 4.66. The predicted molar refractivity (Wildman–Crippen MR) is 29.6 cm³/mol. The van der Waals surface area contributed by atoms with Crippen LogP contribution in [-0.4, -0.2) is 17.5 Å². The third kappa shape index (κ3) is 0.665. The summed E-state index contributed by atoms with van der Waals surface area (Å²) in [6.45, 7) is 1.91. The van der Waals surface area contributed by atoms with Gasteiger partial charge < -0.3 is 5.32 Å². The molecule has 1 unspecified atom stereocenters. The summed E-state index contributed by atoms with van der Waals surface area (Å²) in [4.78, 5) is 11.6. The van der Waals surface area contributed by atoms with Crippen molar-refractivity contribution in [2.24, 2.45) is 0 Å². The van der Waals surface area contributed by atoms with Gasteiger partial charge in [0.1, 0.15) is 6.17 Å². The first-order valence-corrected chi connectivity index (χ1v) is 2.50. The summed E-state index contributed by atoms with van der Waals surface area (Å²) in [6, 6.07) is 0. The van der Waals surface area contributed by atoms with Crippen molar-refractivity contribution < 1.29 is 4.79 Å². The van der Waals surface area contributed by atoms with Gasteiger partial charge in [-0.25, -0.2) is 0 Å². The highest BCUT2D eigenvalue weighted by Crippen LogP contribution is 1.97. The summed E-state index contributed by atoms with van der Waals surface area (Å²) in [5, 5.41) is 2.93. The van der Waals surface area contributed by atoms with Crippen molar-refractivity contribution in [2.75, 3.05) is 0 Å². The van der Waals surface area contributed by atoms with Gasteiger partial charge in [0, 0.05) is 12.4 Å². The molecule has 1 heterocycles. The molecule has 3 nitrogen and oxygen atoms in total. The van der Waals surface area contributed by atoms with Gasteiger partial charge in [0.15, 0.2) is 0 Å². The molecule has 1 rings (SSSR count). The Bertz CT molecular complexity index is 122. The fourth-order valence-corrected chi connectivity index (χ4v) is 0.610. The minimum atomic E-state index is 0.132. The van der Waals surface area contributed by atoms with Gasteiger partial charge in [-0.15, -0.1) is 0 Å². The van der Waals surface area contributed by atoms with Gasteiger partial charge >= 0.3 is 0 Å². The standard InChI is InChI=1S/C5H8N2O/c1-5-6-2-3-7(5)4-8/h2-6H,1H3. The van der Waals surface area contributed by atoms with Gasteiger partial charge in [-0.2, -0.15) is 0 Å². The summed E-state index contributed by atoms with van der Waals surface area (Å²) < 4.78 is 0. The molecule has 1 aliphatic heterocycles. The van der Waals surface area contributed by atoms with Crippen LogP contribution in [0.15, 0.2) is 12.4 Å². The zero-order chi connectivity index (χ0) is 5.98. The van der Waals surface area contributed by atoms with E-state index in [0.29, 0.717) is 0 Å². The summed E-state index contributed by atoms with van der Waals surface area (Å²) in [7, 11) is 0. The molecule has 44 valence electrons. The third-order valence-corrected chi connectivity index (χ3v) is 1.15. The SMILES string of the molecule is CC1NC=CN1C=O. The Hall–Kier alpha value is -0.990. The molecule has 1 atom stereocenters. The first-order chi connectivity index (χ1) is 3.84. The van der Waals surface area contributed by atoms with Crippen LogP contribution in [0.1, 0.15) is 6.92 Å². The van der Waals surface area contributed by atoms with E-state index in [1.807, 2.05) is 6.92 Å². The quantitative estimate of drug-likeness (QED) is 0.479. The lowest BCUT2D eigenvalue weighted by molar-refractivity contribution is -0.117. The highest BCUT2D eigenvalue weighted by atomic mass is 16.1. The number of rotatable bonds is 1. The Morgan fingerprint density at radius 1 is 1.88 bits per heavy atom. The van der Waals surface area contributed by atoms with Gasteiger partial charge in [0.25, 0.3) is 0 Å². The van der Waals surface area contributed by atoms with Crippen LogP contribution < -0.4 is 5.32 Å². The van der Waals surface area contributed by atoms with Crippen molar-refractivity contribution in [3.63, 3.8) is 0 Å². The molecule has 1 aliphatic rings. The van der Waals surface area contributed by atoms with Crippen LogP contribution in [0.2, 0.25) is 0 Å². The first kappa shape index (κ1) is 5.15. The van der Waals surface area contributed by atoms with Crippen LogP contribution in [0.25, 0.3) is 0 Å². The summed E-state index contributed by atoms with van der Waals surface area (Å²) in [5.74, 6) is 0. The van der Waals surface area contributed by atoms with Crippen LogP contribution in [0.5, 0.6) is 0 Å². The molecular formula is C5H8N2O. The second-order valence-corrected chi connectivity index (χ2v) is 1.71. The van der Waals surface area contributed by atoms with Crippen molar-refractivity contribution in [2.45, 2.75) is 13.1 Å². The minimum absolute atomic E-state index is 0.132. The zero-order valence-electron chi connectivity index (χ0n) is 4.66. The molecule has 1 N–H and O–H groups in total. The average Bonchev–Trinajstić information content (AvgIpc) is 2.14. The van der Waals surface area contributed by atoms with Crippen molar-refractivity contribution in [3.8, 4) is 0 Å². The normalized spacial score (nSPS) is 25.6. The van der Waals surface area contributed by atoms with E-state index < -0.39 is 0 Å². The van der Waals surface area contributed by atoms with Gasteiger partial charge in [0.2, 0.25) is 6.41 Å². The maximum atomic E-state index is 10.1. The third-order valence-electron chi connectivity index (χ3n) is 1.15. The lowest BCUT2D eigenvalue weighted by Crippen LogP contribution is -2.30. The largest absolute Gasteiger partial charge is 0.370 e. The van der Waals surface area contributed by atoms with Gasteiger partial charge in [-0.3, -0.25) is 9.69 Å². The molecule has 8 heavy (non-hydrogen) atoms. The highest BCUT2D eigenvalue weighted by molar-refractivity contribution is 5.50. The van der Waals surface area contributed by atoms with Crippen LogP contribution in [0.4, 0.5) is 0 Å². The van der Waals surface area contributed by atoms with Crippen LogP contribution in [0.3, 0.4) is 0 Å². The van der Waals surface area contributed by atoms with Gasteiger partial charge in [-0.05, 0) is 6.92 Å². The fourth-order valence-electron chi connectivity index (χ4n) is 0.610. The van der Waals surface area contributed by atoms with E-state index in [0.717, 1.165) is 6.41 Å². The van der Waals surface area contributed by atoms with E-state index in [2.05, 4.69) is 5.32 Å². The van der Waals surface area contributed by atoms with E-state index in [1.165, 1.54) is 0 Å². The molecule has 0 spiro atoms. The van der Waals surface area contributed by atoms with Crippen molar-refractivity contribution >= 4 is 6.41 Å². The molecule has 0 aromatic rings. The second-order valence-electron chi connectivity index (χ2n) is 1.71. The number of hydrogen-bond donors (Lipinski definition) is 1. The number of nitrogens with zero attached hydrogens (tertiary/aromatic N) is 1. The predicted octanol–water partition coefficient (Wildman–Crippen LogP) is -0.135. The van der Waals surface area contributed by atoms with E-state index >= 15 is 0 Å². The van der Waals surface area contributed by atoms with E-state index in [4.69, 9.17) is 0 Å². The second kappa shape index (κ2) is 1.86. The molecular weight excluding hydrogens is 104 g/mol. The van der Waals surface area contributed by atoms with Gasteiger partial charge in [0.05, 0.1) is 0 Å². The number of amides is 1. The van der Waals surface area contributed by atoms with Crippen molar-refractivity contribution in [1.29, 1.82) is 0 Å². The molecule has 0 saturated heterocycles. The number of hydrogen-bond acceptors (Lipinski definition) is 2. The topological polar surface area (TPSA) is 32.3 Å². The van der Waals surface area contributed by atoms with Gasteiger partial charge in [-0.1, -0.05) is 0 Å². The number of carbonyl (C=O) groups excluding carboxylic acids is 1.